The van der Waals surface area contributed by atoms with Crippen molar-refractivity contribution in [1.82, 2.24) is 9.80 Å². The smallest absolute Gasteiger partial charge is 0.236 e. The molecule has 30 heavy (non-hydrogen) atoms. The van der Waals surface area contributed by atoms with E-state index in [1.165, 1.54) is 6.07 Å². The summed E-state index contributed by atoms with van der Waals surface area (Å²) in [6.07, 6.45) is 0. The van der Waals surface area contributed by atoms with Gasteiger partial charge in [-0.15, -0.1) is 0 Å². The lowest BCUT2D eigenvalue weighted by Crippen LogP contribution is -2.47. The van der Waals surface area contributed by atoms with Crippen LogP contribution in [-0.2, 0) is 17.9 Å². The predicted octanol–water partition coefficient (Wildman–Crippen LogP) is 3.77. The molecule has 1 aliphatic heterocycles. The number of nitrogens with zero attached hydrogens (tertiary/aromatic N) is 2. The second-order valence-corrected chi connectivity index (χ2v) is 7.64. The van der Waals surface area contributed by atoms with E-state index in [-0.39, 0.29) is 11.7 Å². The van der Waals surface area contributed by atoms with Crippen LogP contribution in [0, 0.1) is 5.82 Å². The van der Waals surface area contributed by atoms with Crippen molar-refractivity contribution in [3.8, 4) is 11.5 Å². The Balaban J connectivity index is 1.64. The lowest BCUT2D eigenvalue weighted by atomic mass is 10.1. The first-order chi connectivity index (χ1) is 14.4. The first-order valence-electron chi connectivity index (χ1n) is 9.89. The second-order valence-electron chi connectivity index (χ2n) is 7.24. The van der Waals surface area contributed by atoms with Crippen LogP contribution in [0.2, 0.25) is 5.02 Å². The Morgan fingerprint density at radius 3 is 2.67 bits per heavy atom. The van der Waals surface area contributed by atoms with Crippen LogP contribution < -0.4 is 14.8 Å². The van der Waals surface area contributed by atoms with Crippen molar-refractivity contribution in [2.75, 3.05) is 45.7 Å². The second kappa shape index (κ2) is 10.00. The molecule has 1 N–H and O–H groups in total. The molecule has 3 rings (SSSR count). The third kappa shape index (κ3) is 5.34. The molecule has 6 nitrogen and oxygen atoms in total. The standard InChI is InChI=1S/C22H27ClFN3O3/c1-4-30-22-17(23)9-16(11-20(22)29-3)12-25-19-6-5-15(10-18(19)24)13-27-8-7-26(2)21(28)14-27/h5-6,9-11,25H,4,7-8,12-14H2,1-3H3. The van der Waals surface area contributed by atoms with E-state index in [9.17, 15) is 9.18 Å². The largest absolute Gasteiger partial charge is 0.493 e. The molecule has 0 saturated carbocycles. The Morgan fingerprint density at radius 2 is 2.00 bits per heavy atom. The number of carbonyl (C=O) groups is 1. The number of halogens is 2. The molecular weight excluding hydrogens is 409 g/mol. The summed E-state index contributed by atoms with van der Waals surface area (Å²) in [6, 6.07) is 8.70. The molecule has 8 heteroatoms. The minimum atomic E-state index is -0.336. The van der Waals surface area contributed by atoms with Crippen LogP contribution in [0.25, 0.3) is 0 Å². The molecule has 2 aromatic rings. The molecule has 0 radical (unpaired) electrons. The highest BCUT2D eigenvalue weighted by molar-refractivity contribution is 6.32. The zero-order valence-corrected chi connectivity index (χ0v) is 18.3. The van der Waals surface area contributed by atoms with E-state index in [0.717, 1.165) is 17.7 Å². The fourth-order valence-electron chi connectivity index (χ4n) is 3.36. The third-order valence-electron chi connectivity index (χ3n) is 5.04. The van der Waals surface area contributed by atoms with Crippen molar-refractivity contribution in [2.45, 2.75) is 20.0 Å². The Bertz CT molecular complexity index is 909. The Morgan fingerprint density at radius 1 is 1.20 bits per heavy atom. The predicted molar refractivity (Wildman–Crippen MR) is 116 cm³/mol. The van der Waals surface area contributed by atoms with Crippen LogP contribution >= 0.6 is 11.6 Å². The first-order valence-corrected chi connectivity index (χ1v) is 10.3. The third-order valence-corrected chi connectivity index (χ3v) is 5.32. The summed E-state index contributed by atoms with van der Waals surface area (Å²) in [6.45, 7) is 5.11. The highest BCUT2D eigenvalue weighted by Crippen LogP contribution is 2.36. The number of hydrogen-bond acceptors (Lipinski definition) is 5. The van der Waals surface area contributed by atoms with E-state index < -0.39 is 0 Å². The van der Waals surface area contributed by atoms with Crippen LogP contribution in [-0.4, -0.2) is 56.1 Å². The fraction of sp³-hybridized carbons (Fsp3) is 0.409. The van der Waals surface area contributed by atoms with Gasteiger partial charge in [0.05, 0.1) is 31.0 Å². The van der Waals surface area contributed by atoms with Crippen LogP contribution in [0.5, 0.6) is 11.5 Å². The minimum absolute atomic E-state index is 0.0875. The Hall–Kier alpha value is -2.51. The molecule has 1 fully saturated rings. The van der Waals surface area contributed by atoms with Crippen molar-refractivity contribution in [3.63, 3.8) is 0 Å². The summed E-state index contributed by atoms with van der Waals surface area (Å²) >= 11 is 6.30. The quantitative estimate of drug-likeness (QED) is 0.684. The molecular formula is C22H27ClFN3O3. The van der Waals surface area contributed by atoms with Gasteiger partial charge < -0.3 is 19.7 Å². The van der Waals surface area contributed by atoms with Gasteiger partial charge in [-0.05, 0) is 42.3 Å². The summed E-state index contributed by atoms with van der Waals surface area (Å²) in [5.74, 6) is 0.795. The number of ether oxygens (including phenoxy) is 2. The van der Waals surface area contributed by atoms with Gasteiger partial charge in [0.2, 0.25) is 5.91 Å². The number of anilines is 1. The Labute approximate surface area is 181 Å². The molecule has 162 valence electrons. The van der Waals surface area contributed by atoms with Gasteiger partial charge in [0.25, 0.3) is 0 Å². The van der Waals surface area contributed by atoms with E-state index in [2.05, 4.69) is 5.32 Å². The van der Waals surface area contributed by atoms with Gasteiger partial charge in [0, 0.05) is 33.2 Å². The Kier molecular flexibility index (Phi) is 7.39. The highest BCUT2D eigenvalue weighted by Gasteiger charge is 2.21. The number of carbonyl (C=O) groups excluding carboxylic acids is 1. The number of hydrogen-bond donors (Lipinski definition) is 1. The minimum Gasteiger partial charge on any atom is -0.493 e. The van der Waals surface area contributed by atoms with Crippen molar-refractivity contribution >= 4 is 23.2 Å². The average molecular weight is 436 g/mol. The monoisotopic (exact) mass is 435 g/mol. The van der Waals surface area contributed by atoms with Crippen molar-refractivity contribution in [3.05, 3.63) is 52.3 Å². The highest BCUT2D eigenvalue weighted by atomic mass is 35.5. The lowest BCUT2D eigenvalue weighted by Gasteiger charge is -2.31. The maximum Gasteiger partial charge on any atom is 0.236 e. The van der Waals surface area contributed by atoms with Gasteiger partial charge in [0.1, 0.15) is 5.82 Å². The summed E-state index contributed by atoms with van der Waals surface area (Å²) in [5, 5.41) is 3.55. The zero-order valence-electron chi connectivity index (χ0n) is 17.5. The molecule has 0 aliphatic carbocycles. The zero-order chi connectivity index (χ0) is 21.7. The maximum absolute atomic E-state index is 14.6. The summed E-state index contributed by atoms with van der Waals surface area (Å²) < 4.78 is 25.5. The van der Waals surface area contributed by atoms with E-state index in [4.69, 9.17) is 21.1 Å². The van der Waals surface area contributed by atoms with E-state index in [1.54, 1.807) is 31.2 Å². The SMILES string of the molecule is CCOc1c(Cl)cc(CNc2ccc(CN3CCN(C)C(=O)C3)cc2F)cc1OC. The van der Waals surface area contributed by atoms with E-state index in [0.29, 0.717) is 55.0 Å². The summed E-state index contributed by atoms with van der Waals surface area (Å²) in [7, 11) is 3.35. The van der Waals surface area contributed by atoms with Crippen LogP contribution in [0.15, 0.2) is 30.3 Å². The molecule has 2 aromatic carbocycles. The van der Waals surface area contributed by atoms with Gasteiger partial charge in [0.15, 0.2) is 11.5 Å². The number of amides is 1. The van der Waals surface area contributed by atoms with Gasteiger partial charge in [-0.1, -0.05) is 17.7 Å². The van der Waals surface area contributed by atoms with Gasteiger partial charge in [-0.25, -0.2) is 4.39 Å². The van der Waals surface area contributed by atoms with Crippen LogP contribution in [0.3, 0.4) is 0 Å². The normalized spacial score (nSPS) is 14.7. The average Bonchev–Trinajstić information content (AvgIpc) is 2.72. The van der Waals surface area contributed by atoms with Crippen molar-refractivity contribution < 1.29 is 18.7 Å². The van der Waals surface area contributed by atoms with Gasteiger partial charge >= 0.3 is 0 Å². The molecule has 0 bridgehead atoms. The number of likely N-dealkylation sites (N-methyl/N-ethyl adjacent to an activating group) is 1. The molecule has 1 saturated heterocycles. The van der Waals surface area contributed by atoms with Gasteiger partial charge in [-0.2, -0.15) is 0 Å². The van der Waals surface area contributed by atoms with Crippen LogP contribution in [0.4, 0.5) is 10.1 Å². The molecule has 1 aliphatic rings. The number of methoxy groups -OCH3 is 1. The van der Waals surface area contributed by atoms with Gasteiger partial charge in [-0.3, -0.25) is 9.69 Å². The first kappa shape index (κ1) is 22.2. The summed E-state index contributed by atoms with van der Waals surface area (Å²) in [4.78, 5) is 15.6. The number of piperazine rings is 1. The number of benzene rings is 2. The molecule has 0 atom stereocenters. The molecule has 0 aromatic heterocycles. The van der Waals surface area contributed by atoms with Crippen molar-refractivity contribution in [1.29, 1.82) is 0 Å². The van der Waals surface area contributed by atoms with E-state index >= 15 is 0 Å². The van der Waals surface area contributed by atoms with Crippen LogP contribution in [0.1, 0.15) is 18.1 Å². The molecule has 0 spiro atoms. The molecule has 0 unspecified atom stereocenters. The number of nitrogens with one attached hydrogen (secondary N) is 1. The molecule has 1 amide bonds. The van der Waals surface area contributed by atoms with E-state index in [1.807, 2.05) is 24.0 Å². The molecule has 1 heterocycles. The lowest BCUT2D eigenvalue weighted by molar-refractivity contribution is -0.134. The summed E-state index contributed by atoms with van der Waals surface area (Å²) in [5.41, 5.74) is 2.08. The number of rotatable bonds is 8. The maximum atomic E-state index is 14.6. The fourth-order valence-corrected chi connectivity index (χ4v) is 3.65. The topological polar surface area (TPSA) is 54.0 Å². The van der Waals surface area contributed by atoms with Crippen molar-refractivity contribution in [2.24, 2.45) is 0 Å².